The van der Waals surface area contributed by atoms with Crippen molar-refractivity contribution in [2.45, 2.75) is 32.1 Å². The first kappa shape index (κ1) is 14.8. The number of anilines is 1. The van der Waals surface area contributed by atoms with Gasteiger partial charge in [-0.1, -0.05) is 0 Å². The molecule has 1 saturated heterocycles. The molecule has 22 heavy (non-hydrogen) atoms. The number of aryl methyl sites for hydroxylation is 1. The molecule has 1 aliphatic heterocycles. The van der Waals surface area contributed by atoms with Crippen LogP contribution in [-0.2, 0) is 6.42 Å². The quantitative estimate of drug-likeness (QED) is 0.875. The third kappa shape index (κ3) is 3.98. The highest BCUT2D eigenvalue weighted by Gasteiger charge is 2.17. The van der Waals surface area contributed by atoms with Crippen LogP contribution in [0.1, 0.15) is 36.0 Å². The molecule has 0 bridgehead atoms. The molecule has 0 aromatic carbocycles. The van der Waals surface area contributed by atoms with E-state index in [9.17, 15) is 0 Å². The van der Waals surface area contributed by atoms with Gasteiger partial charge in [0.2, 0.25) is 0 Å². The Balaban J connectivity index is 1.62. The van der Waals surface area contributed by atoms with Crippen molar-refractivity contribution in [1.82, 2.24) is 25.3 Å². The van der Waals surface area contributed by atoms with Gasteiger partial charge in [-0.3, -0.25) is 9.97 Å². The first-order valence-electron chi connectivity index (χ1n) is 7.86. The molecule has 6 nitrogen and oxygen atoms in total. The van der Waals surface area contributed by atoms with Gasteiger partial charge >= 0.3 is 0 Å². The molecule has 3 rings (SSSR count). The number of hydrogen-bond acceptors (Lipinski definition) is 6. The van der Waals surface area contributed by atoms with Crippen LogP contribution in [0.3, 0.4) is 0 Å². The Hall–Kier alpha value is -2.08. The van der Waals surface area contributed by atoms with Gasteiger partial charge in [-0.25, -0.2) is 9.97 Å². The molecular weight excluding hydrogens is 276 g/mol. The van der Waals surface area contributed by atoms with Crippen molar-refractivity contribution in [3.05, 3.63) is 41.9 Å². The second-order valence-electron chi connectivity index (χ2n) is 5.64. The van der Waals surface area contributed by atoms with Crippen molar-refractivity contribution in [2.24, 2.45) is 0 Å². The van der Waals surface area contributed by atoms with E-state index in [1.54, 1.807) is 18.6 Å². The van der Waals surface area contributed by atoms with Crippen molar-refractivity contribution in [3.8, 4) is 0 Å². The van der Waals surface area contributed by atoms with Crippen molar-refractivity contribution < 1.29 is 0 Å². The maximum atomic E-state index is 4.61. The summed E-state index contributed by atoms with van der Waals surface area (Å²) in [5.41, 5.74) is 2.12. The van der Waals surface area contributed by atoms with Crippen LogP contribution in [-0.4, -0.2) is 39.6 Å². The van der Waals surface area contributed by atoms with Crippen molar-refractivity contribution in [2.75, 3.05) is 25.0 Å². The monoisotopic (exact) mass is 298 g/mol. The summed E-state index contributed by atoms with van der Waals surface area (Å²) in [4.78, 5) is 17.4. The third-order valence-electron chi connectivity index (χ3n) is 3.88. The van der Waals surface area contributed by atoms with E-state index in [-0.39, 0.29) is 0 Å². The summed E-state index contributed by atoms with van der Waals surface area (Å²) in [5, 5.41) is 6.82. The van der Waals surface area contributed by atoms with E-state index in [1.807, 2.05) is 6.92 Å². The zero-order valence-corrected chi connectivity index (χ0v) is 12.9. The maximum absolute atomic E-state index is 4.61. The lowest BCUT2D eigenvalue weighted by Gasteiger charge is -2.22. The van der Waals surface area contributed by atoms with E-state index in [0.29, 0.717) is 5.92 Å². The minimum absolute atomic E-state index is 0.496. The summed E-state index contributed by atoms with van der Waals surface area (Å²) >= 11 is 0. The van der Waals surface area contributed by atoms with Crippen LogP contribution < -0.4 is 10.6 Å². The lowest BCUT2D eigenvalue weighted by molar-refractivity contribution is 0.453. The summed E-state index contributed by atoms with van der Waals surface area (Å²) in [7, 11) is 0. The molecule has 3 heterocycles. The van der Waals surface area contributed by atoms with Gasteiger partial charge in [0.15, 0.2) is 0 Å². The van der Waals surface area contributed by atoms with Gasteiger partial charge in [0, 0.05) is 50.1 Å². The van der Waals surface area contributed by atoms with E-state index in [4.69, 9.17) is 0 Å². The number of hydrogen-bond donors (Lipinski definition) is 2. The van der Waals surface area contributed by atoms with Crippen LogP contribution in [0.4, 0.5) is 5.82 Å². The van der Waals surface area contributed by atoms with Crippen LogP contribution in [0.15, 0.2) is 24.7 Å². The smallest absolute Gasteiger partial charge is 0.129 e. The Morgan fingerprint density at radius 3 is 3.05 bits per heavy atom. The highest BCUT2D eigenvalue weighted by molar-refractivity contribution is 5.37. The predicted octanol–water partition coefficient (Wildman–Crippen LogP) is 1.70. The van der Waals surface area contributed by atoms with Gasteiger partial charge in [0.1, 0.15) is 11.6 Å². The summed E-state index contributed by atoms with van der Waals surface area (Å²) in [5.74, 6) is 2.22. The molecule has 0 saturated carbocycles. The fourth-order valence-electron chi connectivity index (χ4n) is 2.77. The average Bonchev–Trinajstić information content (AvgIpc) is 2.56. The number of nitrogens with one attached hydrogen (secondary N) is 2. The summed E-state index contributed by atoms with van der Waals surface area (Å²) in [6.07, 6.45) is 8.45. The standard InChI is InChI=1S/C16H22N6/c1-12-21-15(13-3-2-5-17-10-13)9-16(22-12)20-6-4-14-11-18-7-8-19-14/h7-9,11,13,17H,2-6,10H2,1H3,(H,20,21,22)/t13-/m1/s1. The molecule has 0 unspecified atom stereocenters. The maximum Gasteiger partial charge on any atom is 0.129 e. The van der Waals surface area contributed by atoms with Crippen molar-refractivity contribution in [1.29, 1.82) is 0 Å². The second kappa shape index (κ2) is 7.26. The normalized spacial score (nSPS) is 18.1. The van der Waals surface area contributed by atoms with E-state index in [0.717, 1.165) is 49.1 Å². The molecule has 1 atom stereocenters. The van der Waals surface area contributed by atoms with Crippen LogP contribution in [0.5, 0.6) is 0 Å². The SMILES string of the molecule is Cc1nc(NCCc2cnccn2)cc([C@@H]2CCCNC2)n1. The zero-order chi connectivity index (χ0) is 15.2. The molecule has 2 aromatic rings. The van der Waals surface area contributed by atoms with Crippen LogP contribution in [0.2, 0.25) is 0 Å². The average molecular weight is 298 g/mol. The van der Waals surface area contributed by atoms with Gasteiger partial charge in [-0.2, -0.15) is 0 Å². The zero-order valence-electron chi connectivity index (χ0n) is 12.9. The molecule has 0 aliphatic carbocycles. The topological polar surface area (TPSA) is 75.6 Å². The molecule has 1 aliphatic rings. The molecule has 116 valence electrons. The third-order valence-corrected chi connectivity index (χ3v) is 3.88. The predicted molar refractivity (Wildman–Crippen MR) is 85.8 cm³/mol. The number of rotatable bonds is 5. The van der Waals surface area contributed by atoms with Gasteiger partial charge in [0.05, 0.1) is 11.4 Å². The van der Waals surface area contributed by atoms with E-state index >= 15 is 0 Å². The highest BCUT2D eigenvalue weighted by atomic mass is 15.0. The minimum atomic E-state index is 0.496. The molecule has 0 amide bonds. The van der Waals surface area contributed by atoms with Crippen LogP contribution >= 0.6 is 0 Å². The van der Waals surface area contributed by atoms with Crippen molar-refractivity contribution in [3.63, 3.8) is 0 Å². The van der Waals surface area contributed by atoms with Gasteiger partial charge in [-0.05, 0) is 26.3 Å². The second-order valence-corrected chi connectivity index (χ2v) is 5.64. The molecule has 6 heteroatoms. The summed E-state index contributed by atoms with van der Waals surface area (Å²) < 4.78 is 0. The van der Waals surface area contributed by atoms with Crippen molar-refractivity contribution >= 4 is 5.82 Å². The highest BCUT2D eigenvalue weighted by Crippen LogP contribution is 2.23. The Kier molecular flexibility index (Phi) is 4.90. The lowest BCUT2D eigenvalue weighted by atomic mass is 9.96. The van der Waals surface area contributed by atoms with Gasteiger partial charge in [-0.15, -0.1) is 0 Å². The fourth-order valence-corrected chi connectivity index (χ4v) is 2.77. The molecule has 0 spiro atoms. The van der Waals surface area contributed by atoms with E-state index in [1.165, 1.54) is 12.8 Å². The lowest BCUT2D eigenvalue weighted by Crippen LogP contribution is -2.29. The first-order valence-corrected chi connectivity index (χ1v) is 7.86. The Labute approximate surface area is 130 Å². The molecule has 0 radical (unpaired) electrons. The van der Waals surface area contributed by atoms with Gasteiger partial charge in [0.25, 0.3) is 0 Å². The van der Waals surface area contributed by atoms with Gasteiger partial charge < -0.3 is 10.6 Å². The number of piperidine rings is 1. The fraction of sp³-hybridized carbons (Fsp3) is 0.500. The summed E-state index contributed by atoms with van der Waals surface area (Å²) in [6.45, 7) is 4.87. The first-order chi connectivity index (χ1) is 10.8. The Morgan fingerprint density at radius 1 is 1.32 bits per heavy atom. The Bertz CT molecular complexity index is 595. The van der Waals surface area contributed by atoms with E-state index in [2.05, 4.69) is 36.6 Å². The molecule has 1 fully saturated rings. The number of nitrogens with zero attached hydrogens (tertiary/aromatic N) is 4. The Morgan fingerprint density at radius 2 is 2.27 bits per heavy atom. The van der Waals surface area contributed by atoms with Crippen LogP contribution in [0, 0.1) is 6.92 Å². The summed E-state index contributed by atoms with van der Waals surface area (Å²) in [6, 6.07) is 2.08. The molecule has 2 N–H and O–H groups in total. The molecular formula is C16H22N6. The molecule has 2 aromatic heterocycles. The van der Waals surface area contributed by atoms with E-state index < -0.39 is 0 Å². The largest absolute Gasteiger partial charge is 0.370 e. The van der Waals surface area contributed by atoms with Crippen LogP contribution in [0.25, 0.3) is 0 Å². The number of aromatic nitrogens is 4. The minimum Gasteiger partial charge on any atom is -0.370 e.